The van der Waals surface area contributed by atoms with Crippen molar-refractivity contribution in [2.24, 2.45) is 7.05 Å². The zero-order chi connectivity index (χ0) is 20.2. The number of anilines is 2. The molecule has 2 aliphatic rings. The highest BCUT2D eigenvalue weighted by molar-refractivity contribution is 5.86. The Morgan fingerprint density at radius 1 is 1.00 bits per heavy atom. The van der Waals surface area contributed by atoms with E-state index in [1.54, 1.807) is 6.07 Å². The Kier molecular flexibility index (Phi) is 3.99. The maximum Gasteiger partial charge on any atom is 0.298 e. The van der Waals surface area contributed by atoms with E-state index < -0.39 is 0 Å². The fourth-order valence-electron chi connectivity index (χ4n) is 4.74. The lowest BCUT2D eigenvalue weighted by atomic mass is 10.0. The predicted molar refractivity (Wildman–Crippen MR) is 115 cm³/mol. The van der Waals surface area contributed by atoms with Crippen molar-refractivity contribution >= 4 is 33.7 Å². The molecule has 0 radical (unpaired) electrons. The molecule has 0 amide bonds. The molecule has 2 aromatic carbocycles. The van der Waals surface area contributed by atoms with Crippen molar-refractivity contribution in [2.45, 2.75) is 13.0 Å². The Morgan fingerprint density at radius 3 is 2.73 bits per heavy atom. The number of hydrogen-bond donors (Lipinski definition) is 0. The topological polar surface area (TPSA) is 46.7 Å². The molecular formula is C23H23FN4O2. The highest BCUT2D eigenvalue weighted by Crippen LogP contribution is 2.34. The molecule has 0 saturated carbocycles. The molecule has 6 rings (SSSR count). The number of aryl methyl sites for hydroxylation is 1. The minimum atomic E-state index is -0.175. The van der Waals surface area contributed by atoms with Crippen LogP contribution in [0, 0.1) is 5.82 Å². The molecule has 2 aromatic heterocycles. The molecule has 0 atom stereocenters. The summed E-state index contributed by atoms with van der Waals surface area (Å²) in [5.41, 5.74) is 6.41. The zero-order valence-corrected chi connectivity index (χ0v) is 16.9. The average Bonchev–Trinajstić information content (AvgIpc) is 3.33. The van der Waals surface area contributed by atoms with Crippen LogP contribution in [0.3, 0.4) is 0 Å². The summed E-state index contributed by atoms with van der Waals surface area (Å²) in [6.07, 6.45) is 0.895. The van der Waals surface area contributed by atoms with Crippen molar-refractivity contribution in [1.82, 2.24) is 9.55 Å². The lowest BCUT2D eigenvalue weighted by molar-refractivity contribution is 0.120. The first kappa shape index (κ1) is 17.8. The number of ether oxygens (including phenoxy) is 1. The van der Waals surface area contributed by atoms with E-state index in [1.165, 1.54) is 17.3 Å². The molecule has 0 N–H and O–H groups in total. The Hall–Kier alpha value is -3.06. The summed E-state index contributed by atoms with van der Waals surface area (Å²) < 4.78 is 27.4. The SMILES string of the molecule is Cn1c2c(c3cc(F)ccc31)CCN(c1ccc3oc(N4CCOCC4)nc3c1)C2. The first-order chi connectivity index (χ1) is 14.7. The molecule has 7 heteroatoms. The molecule has 4 heterocycles. The lowest BCUT2D eigenvalue weighted by Gasteiger charge is -2.30. The van der Waals surface area contributed by atoms with Crippen molar-refractivity contribution < 1.29 is 13.5 Å². The Bertz CT molecular complexity index is 1260. The van der Waals surface area contributed by atoms with Crippen LogP contribution in [0.4, 0.5) is 16.1 Å². The van der Waals surface area contributed by atoms with E-state index in [2.05, 4.69) is 33.5 Å². The number of fused-ring (bicyclic) bond motifs is 4. The van der Waals surface area contributed by atoms with Gasteiger partial charge in [-0.05, 0) is 48.4 Å². The van der Waals surface area contributed by atoms with Gasteiger partial charge in [0.15, 0.2) is 5.58 Å². The van der Waals surface area contributed by atoms with Crippen LogP contribution in [-0.2, 0) is 24.8 Å². The molecule has 1 saturated heterocycles. The van der Waals surface area contributed by atoms with Gasteiger partial charge in [-0.2, -0.15) is 4.98 Å². The fourth-order valence-corrected chi connectivity index (χ4v) is 4.74. The first-order valence-corrected chi connectivity index (χ1v) is 10.4. The minimum absolute atomic E-state index is 0.175. The van der Waals surface area contributed by atoms with Gasteiger partial charge in [-0.25, -0.2) is 4.39 Å². The second-order valence-corrected chi connectivity index (χ2v) is 8.07. The smallest absolute Gasteiger partial charge is 0.298 e. The monoisotopic (exact) mass is 406 g/mol. The Morgan fingerprint density at radius 2 is 1.87 bits per heavy atom. The predicted octanol–water partition coefficient (Wildman–Crippen LogP) is 3.86. The average molecular weight is 406 g/mol. The second-order valence-electron chi connectivity index (χ2n) is 8.07. The van der Waals surface area contributed by atoms with Crippen LogP contribution in [0.25, 0.3) is 22.0 Å². The molecule has 0 bridgehead atoms. The quantitative estimate of drug-likeness (QED) is 0.506. The van der Waals surface area contributed by atoms with Gasteiger partial charge in [0.1, 0.15) is 11.3 Å². The molecule has 1 fully saturated rings. The Labute approximate surface area is 173 Å². The zero-order valence-electron chi connectivity index (χ0n) is 16.9. The maximum atomic E-state index is 13.8. The summed E-state index contributed by atoms with van der Waals surface area (Å²) in [4.78, 5) is 9.22. The third kappa shape index (κ3) is 2.76. The van der Waals surface area contributed by atoms with Gasteiger partial charge in [-0.1, -0.05) is 0 Å². The summed E-state index contributed by atoms with van der Waals surface area (Å²) in [6, 6.07) is 12.0. The van der Waals surface area contributed by atoms with Gasteiger partial charge in [0.05, 0.1) is 19.8 Å². The van der Waals surface area contributed by atoms with Gasteiger partial charge < -0.3 is 23.5 Å². The van der Waals surface area contributed by atoms with E-state index >= 15 is 0 Å². The van der Waals surface area contributed by atoms with Crippen molar-refractivity contribution in [1.29, 1.82) is 0 Å². The van der Waals surface area contributed by atoms with Crippen molar-refractivity contribution in [3.05, 3.63) is 53.5 Å². The number of morpholine rings is 1. The molecule has 30 heavy (non-hydrogen) atoms. The van der Waals surface area contributed by atoms with Gasteiger partial charge in [0.25, 0.3) is 6.01 Å². The van der Waals surface area contributed by atoms with Gasteiger partial charge in [0.2, 0.25) is 0 Å². The van der Waals surface area contributed by atoms with Crippen LogP contribution >= 0.6 is 0 Å². The van der Waals surface area contributed by atoms with E-state index in [9.17, 15) is 4.39 Å². The summed E-state index contributed by atoms with van der Waals surface area (Å²) in [5.74, 6) is -0.175. The lowest BCUT2D eigenvalue weighted by Crippen LogP contribution is -2.36. The number of benzene rings is 2. The number of oxazole rings is 1. The van der Waals surface area contributed by atoms with Crippen LogP contribution in [0.1, 0.15) is 11.3 Å². The van der Waals surface area contributed by atoms with Crippen LogP contribution < -0.4 is 9.80 Å². The summed E-state index contributed by atoms with van der Waals surface area (Å²) in [6.45, 7) is 4.70. The number of nitrogens with zero attached hydrogens (tertiary/aromatic N) is 4. The fraction of sp³-hybridized carbons (Fsp3) is 0.348. The van der Waals surface area contributed by atoms with Crippen LogP contribution in [0.15, 0.2) is 40.8 Å². The van der Waals surface area contributed by atoms with Crippen LogP contribution in [-0.4, -0.2) is 42.4 Å². The van der Waals surface area contributed by atoms with Crippen LogP contribution in [0.5, 0.6) is 0 Å². The van der Waals surface area contributed by atoms with E-state index in [-0.39, 0.29) is 5.82 Å². The molecule has 154 valence electrons. The van der Waals surface area contributed by atoms with Crippen molar-refractivity contribution in [2.75, 3.05) is 42.6 Å². The molecule has 0 unspecified atom stereocenters. The summed E-state index contributed by atoms with van der Waals surface area (Å²) in [5, 5.41) is 1.04. The standard InChI is InChI=1S/C23H23FN4O2/c1-26-20-4-2-15(24)12-18(20)17-6-7-28(14-21(17)26)16-3-5-22-19(13-16)25-23(30-22)27-8-10-29-11-9-27/h2-5,12-13H,6-11,14H2,1H3. The van der Waals surface area contributed by atoms with E-state index in [4.69, 9.17) is 14.1 Å². The number of halogens is 1. The molecule has 0 spiro atoms. The highest BCUT2D eigenvalue weighted by Gasteiger charge is 2.24. The Balaban J connectivity index is 1.33. The molecule has 2 aliphatic heterocycles. The third-order valence-electron chi connectivity index (χ3n) is 6.38. The van der Waals surface area contributed by atoms with E-state index in [0.29, 0.717) is 19.2 Å². The second kappa shape index (κ2) is 6.74. The van der Waals surface area contributed by atoms with Crippen molar-refractivity contribution in [3.8, 4) is 0 Å². The van der Waals surface area contributed by atoms with E-state index in [0.717, 1.165) is 60.3 Å². The molecular weight excluding hydrogens is 383 g/mol. The minimum Gasteiger partial charge on any atom is -0.423 e. The molecule has 6 nitrogen and oxygen atoms in total. The van der Waals surface area contributed by atoms with Crippen LogP contribution in [0.2, 0.25) is 0 Å². The highest BCUT2D eigenvalue weighted by atomic mass is 19.1. The summed E-state index contributed by atoms with van der Waals surface area (Å²) >= 11 is 0. The number of rotatable bonds is 2. The number of hydrogen-bond acceptors (Lipinski definition) is 5. The maximum absolute atomic E-state index is 13.8. The van der Waals surface area contributed by atoms with Gasteiger partial charge in [-0.3, -0.25) is 0 Å². The van der Waals surface area contributed by atoms with Gasteiger partial charge in [-0.15, -0.1) is 0 Å². The third-order valence-corrected chi connectivity index (χ3v) is 6.38. The van der Waals surface area contributed by atoms with E-state index in [1.807, 2.05) is 12.1 Å². The van der Waals surface area contributed by atoms with Crippen molar-refractivity contribution in [3.63, 3.8) is 0 Å². The first-order valence-electron chi connectivity index (χ1n) is 10.4. The number of aromatic nitrogens is 2. The molecule has 4 aromatic rings. The normalized spacial score (nSPS) is 17.1. The molecule has 0 aliphatic carbocycles. The van der Waals surface area contributed by atoms with Gasteiger partial charge in [0, 0.05) is 49.0 Å². The largest absolute Gasteiger partial charge is 0.423 e. The van der Waals surface area contributed by atoms with Gasteiger partial charge >= 0.3 is 0 Å². The summed E-state index contributed by atoms with van der Waals surface area (Å²) in [7, 11) is 2.07.